The number of nitrogens with one attached hydrogen (secondary N) is 1. The van der Waals surface area contributed by atoms with Crippen molar-refractivity contribution in [2.24, 2.45) is 0 Å². The van der Waals surface area contributed by atoms with Crippen LogP contribution in [0, 0.1) is 6.92 Å². The summed E-state index contributed by atoms with van der Waals surface area (Å²) in [6, 6.07) is 13.0. The molecule has 0 aliphatic carbocycles. The number of carbonyl (C=O) groups excluding carboxylic acids is 3. The number of nitrogens with zero attached hydrogens (tertiary/aromatic N) is 3. The molecule has 0 radical (unpaired) electrons. The van der Waals surface area contributed by atoms with Gasteiger partial charge in [-0.05, 0) is 55.0 Å². The van der Waals surface area contributed by atoms with Gasteiger partial charge in [-0.1, -0.05) is 30.3 Å². The summed E-state index contributed by atoms with van der Waals surface area (Å²) in [6.45, 7) is 3.31. The predicted octanol–water partition coefficient (Wildman–Crippen LogP) is 3.37. The molecule has 0 bridgehead atoms. The Morgan fingerprint density at radius 3 is 2.61 bits per heavy atom. The lowest BCUT2D eigenvalue weighted by atomic mass is 10.0. The molecule has 0 unspecified atom stereocenters. The first-order chi connectivity index (χ1) is 17.3. The zero-order valence-corrected chi connectivity index (χ0v) is 21.6. The number of methoxy groups -OCH3 is 1. The third kappa shape index (κ3) is 5.38. The van der Waals surface area contributed by atoms with Gasteiger partial charge in [-0.15, -0.1) is 0 Å². The maximum absolute atomic E-state index is 13.5. The first-order valence-corrected chi connectivity index (χ1v) is 12.6. The minimum Gasteiger partial charge on any atom is -0.380 e. The highest BCUT2D eigenvalue weighted by Gasteiger charge is 2.40. The van der Waals surface area contributed by atoms with E-state index in [0.717, 1.165) is 36.1 Å². The summed E-state index contributed by atoms with van der Waals surface area (Å²) in [4.78, 5) is 44.0. The fourth-order valence-corrected chi connectivity index (χ4v) is 5.13. The summed E-state index contributed by atoms with van der Waals surface area (Å²) in [5.41, 5.74) is 4.64. The molecular weight excluding hydrogens is 456 g/mol. The monoisotopic (exact) mass is 492 g/mol. The van der Waals surface area contributed by atoms with Gasteiger partial charge in [-0.2, -0.15) is 0 Å². The first-order valence-electron chi connectivity index (χ1n) is 12.6. The number of fused-ring (bicyclic) bond motifs is 1. The van der Waals surface area contributed by atoms with E-state index in [1.54, 1.807) is 26.1 Å². The van der Waals surface area contributed by atoms with Crippen LogP contribution < -0.4 is 10.2 Å². The minimum atomic E-state index is -0.539. The van der Waals surface area contributed by atoms with Gasteiger partial charge in [-0.3, -0.25) is 9.59 Å². The Hall–Kier alpha value is -3.39. The zero-order valence-electron chi connectivity index (χ0n) is 21.6. The van der Waals surface area contributed by atoms with Crippen molar-refractivity contribution in [1.29, 1.82) is 0 Å². The van der Waals surface area contributed by atoms with E-state index in [9.17, 15) is 14.4 Å². The number of ether oxygens (including phenoxy) is 1. The molecule has 192 valence electrons. The molecule has 8 nitrogen and oxygen atoms in total. The van der Waals surface area contributed by atoms with E-state index in [0.29, 0.717) is 31.6 Å². The number of para-hydroxylation sites is 1. The van der Waals surface area contributed by atoms with Crippen LogP contribution in [0.25, 0.3) is 0 Å². The van der Waals surface area contributed by atoms with Crippen LogP contribution in [0.4, 0.5) is 10.5 Å². The van der Waals surface area contributed by atoms with Crippen LogP contribution in [-0.4, -0.2) is 74.1 Å². The molecule has 2 aliphatic rings. The predicted molar refractivity (Wildman–Crippen MR) is 139 cm³/mol. The molecule has 4 amide bonds. The second-order valence-electron chi connectivity index (χ2n) is 9.84. The molecule has 1 saturated heterocycles. The van der Waals surface area contributed by atoms with Crippen LogP contribution in [0.1, 0.15) is 46.3 Å². The lowest BCUT2D eigenvalue weighted by Crippen LogP contribution is -2.49. The molecule has 0 saturated carbocycles. The van der Waals surface area contributed by atoms with Gasteiger partial charge < -0.3 is 24.8 Å². The van der Waals surface area contributed by atoms with Crippen molar-refractivity contribution in [3.05, 3.63) is 64.7 Å². The second-order valence-corrected chi connectivity index (χ2v) is 9.84. The van der Waals surface area contributed by atoms with E-state index in [1.165, 1.54) is 10.5 Å². The maximum Gasteiger partial charge on any atom is 0.318 e. The van der Waals surface area contributed by atoms with E-state index in [4.69, 9.17) is 4.74 Å². The summed E-state index contributed by atoms with van der Waals surface area (Å²) >= 11 is 0. The Balaban J connectivity index is 1.44. The number of urea groups is 1. The molecule has 2 aliphatic heterocycles. The highest BCUT2D eigenvalue weighted by atomic mass is 16.5. The van der Waals surface area contributed by atoms with E-state index < -0.39 is 6.04 Å². The van der Waals surface area contributed by atoms with Crippen LogP contribution in [0.5, 0.6) is 0 Å². The summed E-state index contributed by atoms with van der Waals surface area (Å²) in [5.74, 6) is -0.108. The van der Waals surface area contributed by atoms with E-state index in [2.05, 4.69) is 11.4 Å². The Kier molecular flexibility index (Phi) is 7.94. The third-order valence-electron chi connectivity index (χ3n) is 7.15. The average molecular weight is 493 g/mol. The minimum absolute atomic E-state index is 0.00477. The summed E-state index contributed by atoms with van der Waals surface area (Å²) < 4.78 is 5.42. The Bertz CT molecular complexity index is 1130. The molecule has 2 atom stereocenters. The standard InChI is InChI=1S/C28H36N4O4/c1-19-15-20(17-29-28(35)32-18-22(36-4)16-25(32)27(34)30(2)3)12-13-23(19)26(33)31-14-8-7-10-21-9-5-6-11-24(21)31/h5-6,9,11-13,15,22,25H,7-8,10,14,16-18H2,1-4H3,(H,29,35)/t22-,25+/m1/s1. The van der Waals surface area contributed by atoms with Crippen molar-refractivity contribution < 1.29 is 19.1 Å². The third-order valence-corrected chi connectivity index (χ3v) is 7.15. The quantitative estimate of drug-likeness (QED) is 0.694. The second kappa shape index (κ2) is 11.1. The van der Waals surface area contributed by atoms with E-state index >= 15 is 0 Å². The molecule has 2 aromatic carbocycles. The molecule has 36 heavy (non-hydrogen) atoms. The van der Waals surface area contributed by atoms with Gasteiger partial charge in [0.15, 0.2) is 0 Å². The first kappa shape index (κ1) is 25.7. The van der Waals surface area contributed by atoms with Crippen LogP contribution in [0.3, 0.4) is 0 Å². The SMILES string of the molecule is CO[C@@H]1C[C@@H](C(=O)N(C)C)N(C(=O)NCc2ccc(C(=O)N3CCCCc4ccccc43)c(C)c2)C1. The highest BCUT2D eigenvalue weighted by Crippen LogP contribution is 2.28. The summed E-state index contributed by atoms with van der Waals surface area (Å²) in [5, 5.41) is 2.94. The molecule has 0 aromatic heterocycles. The molecule has 8 heteroatoms. The normalized spacial score (nSPS) is 19.4. The summed E-state index contributed by atoms with van der Waals surface area (Å²) in [6.07, 6.45) is 3.35. The average Bonchev–Trinajstić information content (AvgIpc) is 3.20. The molecule has 1 fully saturated rings. The van der Waals surface area contributed by atoms with Crippen molar-refractivity contribution in [2.75, 3.05) is 39.2 Å². The number of amides is 4. The Morgan fingerprint density at radius 2 is 1.89 bits per heavy atom. The number of aryl methyl sites for hydroxylation is 2. The van der Waals surface area contributed by atoms with E-state index in [-0.39, 0.29) is 23.9 Å². The fourth-order valence-electron chi connectivity index (χ4n) is 5.13. The lowest BCUT2D eigenvalue weighted by molar-refractivity contribution is -0.132. The van der Waals surface area contributed by atoms with E-state index in [1.807, 2.05) is 48.2 Å². The largest absolute Gasteiger partial charge is 0.380 e. The molecule has 1 N–H and O–H groups in total. The van der Waals surface area contributed by atoms with Crippen molar-refractivity contribution in [3.8, 4) is 0 Å². The number of hydrogen-bond acceptors (Lipinski definition) is 4. The fraction of sp³-hybridized carbons (Fsp3) is 0.464. The van der Waals surface area contributed by atoms with Crippen LogP contribution in [0.15, 0.2) is 42.5 Å². The van der Waals surface area contributed by atoms with Crippen LogP contribution in [0.2, 0.25) is 0 Å². The number of likely N-dealkylation sites (tertiary alicyclic amines) is 1. The number of benzene rings is 2. The molecule has 2 aromatic rings. The zero-order chi connectivity index (χ0) is 25.8. The summed E-state index contributed by atoms with van der Waals surface area (Å²) in [7, 11) is 4.97. The molecule has 4 rings (SSSR count). The number of likely N-dealkylation sites (N-methyl/N-ethyl adjacent to an activating group) is 1. The van der Waals surface area contributed by atoms with Gasteiger partial charge in [0, 0.05) is 58.5 Å². The van der Waals surface area contributed by atoms with Crippen LogP contribution in [-0.2, 0) is 22.5 Å². The molecule has 2 heterocycles. The van der Waals surface area contributed by atoms with Crippen molar-refractivity contribution in [3.63, 3.8) is 0 Å². The molecule has 0 spiro atoms. The van der Waals surface area contributed by atoms with Crippen molar-refractivity contribution in [2.45, 2.75) is 51.3 Å². The smallest absolute Gasteiger partial charge is 0.318 e. The topological polar surface area (TPSA) is 82.2 Å². The lowest BCUT2D eigenvalue weighted by Gasteiger charge is -2.26. The van der Waals surface area contributed by atoms with Crippen molar-refractivity contribution >= 4 is 23.5 Å². The number of rotatable bonds is 5. The van der Waals surface area contributed by atoms with Gasteiger partial charge in [0.05, 0.1) is 6.10 Å². The molecular formula is C28H36N4O4. The van der Waals surface area contributed by atoms with Gasteiger partial charge in [0.1, 0.15) is 6.04 Å². The maximum atomic E-state index is 13.5. The van der Waals surface area contributed by atoms with Gasteiger partial charge in [0.2, 0.25) is 5.91 Å². The van der Waals surface area contributed by atoms with Crippen molar-refractivity contribution in [1.82, 2.24) is 15.1 Å². The number of anilines is 1. The van der Waals surface area contributed by atoms with Gasteiger partial charge >= 0.3 is 6.03 Å². The Morgan fingerprint density at radius 1 is 1.11 bits per heavy atom. The number of carbonyl (C=O) groups is 3. The highest BCUT2D eigenvalue weighted by molar-refractivity contribution is 6.07. The number of hydrogen-bond donors (Lipinski definition) is 1. The van der Waals surface area contributed by atoms with Gasteiger partial charge in [0.25, 0.3) is 5.91 Å². The Labute approximate surface area is 213 Å². The van der Waals surface area contributed by atoms with Crippen LogP contribution >= 0.6 is 0 Å². The van der Waals surface area contributed by atoms with Gasteiger partial charge in [-0.25, -0.2) is 4.79 Å².